The topological polar surface area (TPSA) is 415 Å². The Morgan fingerprint density at radius 3 is 1.89 bits per heavy atom. The number of amides is 2. The number of fused-ring (bicyclic) bond motifs is 1. The minimum Gasteiger partial charge on any atom is -0.382 e. The van der Waals surface area contributed by atoms with Crippen molar-refractivity contribution in [2.45, 2.75) is 128 Å². The highest BCUT2D eigenvalue weighted by Gasteiger charge is 2.55. The van der Waals surface area contributed by atoms with Crippen molar-refractivity contribution in [2.75, 3.05) is 98.0 Å². The number of aromatic nitrogens is 8. The van der Waals surface area contributed by atoms with E-state index in [2.05, 4.69) is 35.6 Å². The van der Waals surface area contributed by atoms with Crippen molar-refractivity contribution in [3.63, 3.8) is 0 Å². The molecular weight excluding hydrogens is 1310 g/mol. The Morgan fingerprint density at radius 1 is 0.684 bits per heavy atom. The Bertz CT molecular complexity index is 3860. The second-order valence-electron chi connectivity index (χ2n) is 22.2. The fourth-order valence-corrected chi connectivity index (χ4v) is 13.8. The molecule has 95 heavy (non-hydrogen) atoms. The number of aryl methyl sites for hydroxylation is 2. The number of hydrogen-bond acceptors (Lipinski definition) is 28. The van der Waals surface area contributed by atoms with Crippen LogP contribution in [0.3, 0.4) is 0 Å². The van der Waals surface area contributed by atoms with E-state index in [0.717, 1.165) is 4.57 Å². The maximum absolute atomic E-state index is 15.7. The molecule has 3 saturated heterocycles. The zero-order valence-electron chi connectivity index (χ0n) is 53.7. The first-order valence-corrected chi connectivity index (χ1v) is 34.3. The molecule has 7 heterocycles. The van der Waals surface area contributed by atoms with Gasteiger partial charge in [0, 0.05) is 62.2 Å². The maximum Gasteiger partial charge on any atom is 0.475 e. The average molecular weight is 1390 g/mol. The lowest BCUT2D eigenvalue weighted by Crippen LogP contribution is -2.40. The van der Waals surface area contributed by atoms with Gasteiger partial charge in [0.05, 0.1) is 110 Å². The van der Waals surface area contributed by atoms with Crippen LogP contribution in [0.4, 0.5) is 11.8 Å². The summed E-state index contributed by atoms with van der Waals surface area (Å²) in [6.07, 6.45) is -10.2. The van der Waals surface area contributed by atoms with Gasteiger partial charge >= 0.3 is 25.9 Å². The molecule has 0 aliphatic carbocycles. The van der Waals surface area contributed by atoms with Crippen LogP contribution in [-0.2, 0) is 90.9 Å². The monoisotopic (exact) mass is 1390 g/mol. The number of H-pyrrole nitrogens is 2. The van der Waals surface area contributed by atoms with E-state index in [4.69, 9.17) is 81.6 Å². The van der Waals surface area contributed by atoms with Crippen LogP contribution in [0.15, 0.2) is 68.2 Å². The van der Waals surface area contributed by atoms with Crippen LogP contribution in [0.25, 0.3) is 11.2 Å². The van der Waals surface area contributed by atoms with E-state index in [-0.39, 0.29) is 94.0 Å². The number of methoxy groups -OCH3 is 3. The Morgan fingerprint density at radius 2 is 1.26 bits per heavy atom. The number of ether oxygens (including phenoxy) is 9. The summed E-state index contributed by atoms with van der Waals surface area (Å²) in [5, 5.41) is 24.7. The minimum absolute atomic E-state index is 0.0127. The molecule has 14 atom stereocenters. The number of nitriles is 2. The molecule has 3 aliphatic rings. The lowest BCUT2D eigenvalue weighted by molar-refractivity contribution is -0.118. The maximum atomic E-state index is 15.7. The van der Waals surface area contributed by atoms with Crippen molar-refractivity contribution in [1.82, 2.24) is 38.6 Å². The van der Waals surface area contributed by atoms with Crippen LogP contribution in [0.2, 0.25) is 0 Å². The number of aromatic amines is 2. The van der Waals surface area contributed by atoms with Gasteiger partial charge < -0.3 is 57.0 Å². The molecule has 0 bridgehead atoms. The van der Waals surface area contributed by atoms with E-state index in [9.17, 15) is 39.3 Å². The number of carbonyl (C=O) groups is 2. The first kappa shape index (κ1) is 74.1. The van der Waals surface area contributed by atoms with E-state index in [1.165, 1.54) is 56.1 Å². The molecule has 0 spiro atoms. The van der Waals surface area contributed by atoms with E-state index >= 15 is 4.57 Å². The van der Waals surface area contributed by atoms with Crippen LogP contribution in [0, 0.1) is 48.3 Å². The molecule has 5 aromatic rings. The Kier molecular flexibility index (Phi) is 26.9. The van der Waals surface area contributed by atoms with Crippen molar-refractivity contribution in [3.8, 4) is 12.1 Å². The summed E-state index contributed by atoms with van der Waals surface area (Å²) in [4.78, 5) is 97.6. The molecule has 518 valence electrons. The quantitative estimate of drug-likeness (QED) is 0.0322. The summed E-state index contributed by atoms with van der Waals surface area (Å²) < 4.78 is 112. The fourth-order valence-electron chi connectivity index (χ4n) is 10.3. The highest BCUT2D eigenvalue weighted by molar-refractivity contribution is 8.07. The summed E-state index contributed by atoms with van der Waals surface area (Å²) >= 11 is 6.21. The number of hydrogen-bond donors (Lipinski definition) is 4. The van der Waals surface area contributed by atoms with Gasteiger partial charge in [-0.1, -0.05) is 45.9 Å². The predicted molar refractivity (Wildman–Crippen MR) is 337 cm³/mol. The van der Waals surface area contributed by atoms with Gasteiger partial charge in [0.25, 0.3) is 17.0 Å². The van der Waals surface area contributed by atoms with Crippen LogP contribution >= 0.6 is 14.5 Å². The van der Waals surface area contributed by atoms with Crippen LogP contribution in [0.1, 0.15) is 87.1 Å². The number of benzene rings is 1. The molecule has 4 aromatic heterocycles. The number of rotatable bonds is 36. The molecular formula is C58H78N12O22P2S. The molecule has 0 saturated carbocycles. The molecule has 3 aliphatic heterocycles. The zero-order chi connectivity index (χ0) is 68.6. The summed E-state index contributed by atoms with van der Waals surface area (Å²) in [5.41, 5.74) is -2.41. The van der Waals surface area contributed by atoms with Crippen molar-refractivity contribution >= 4 is 61.1 Å². The first-order chi connectivity index (χ1) is 45.6. The molecule has 34 nitrogen and oxygen atoms in total. The molecule has 2 amide bonds. The first-order valence-electron chi connectivity index (χ1n) is 30.3. The SMILES string of the molecule is CC[C@H]1O[C@@H](n2cc(C)c(NC(=O)c3ccccc3)nc2=O)C(OCCOC)[C@H]1OP(=O)(OCCC#N)OC[C@H]1O[C@@H](n2cnc3c(=O)[nH]c(NC(=O)C(C)C)nc32)C(OCCOC)[C@H]1OP(=S)(OCCC#N)OC[C@H]1O[C@@H](n2cc(C)c(=O)[nH]c2=O)C(OCCOC)[C@H]1C. The largest absolute Gasteiger partial charge is 0.475 e. The Hall–Kier alpha value is -6.67. The van der Waals surface area contributed by atoms with Gasteiger partial charge in [-0.15, -0.1) is 0 Å². The number of nitrogens with one attached hydrogen (secondary N) is 4. The van der Waals surface area contributed by atoms with Gasteiger partial charge in [-0.3, -0.25) is 66.3 Å². The summed E-state index contributed by atoms with van der Waals surface area (Å²) in [6.45, 7) is 3.62. The third-order valence-electron chi connectivity index (χ3n) is 15.3. The number of nitrogens with zero attached hydrogens (tertiary/aromatic N) is 8. The third kappa shape index (κ3) is 18.5. The van der Waals surface area contributed by atoms with Gasteiger partial charge in [0.15, 0.2) is 29.8 Å². The number of phosphoric ester groups is 1. The van der Waals surface area contributed by atoms with Gasteiger partial charge in [-0.05, 0) is 44.2 Å². The molecule has 0 radical (unpaired) electrons. The van der Waals surface area contributed by atoms with E-state index in [1.807, 2.05) is 12.1 Å². The second-order valence-corrected chi connectivity index (χ2v) is 26.8. The van der Waals surface area contributed by atoms with Gasteiger partial charge in [0.1, 0.15) is 42.4 Å². The molecule has 37 heteroatoms. The van der Waals surface area contributed by atoms with Crippen LogP contribution in [0.5, 0.6) is 0 Å². The normalized spacial score (nSPS) is 24.7. The van der Waals surface area contributed by atoms with E-state index in [0.29, 0.717) is 11.1 Å². The summed E-state index contributed by atoms with van der Waals surface area (Å²) in [5.74, 6) is -2.35. The Balaban J connectivity index is 1.17. The van der Waals surface area contributed by atoms with Crippen LogP contribution < -0.4 is 33.1 Å². The highest BCUT2D eigenvalue weighted by Crippen LogP contribution is 2.57. The van der Waals surface area contributed by atoms with Crippen LogP contribution in [-0.4, -0.2) is 187 Å². The third-order valence-corrected chi connectivity index (χ3v) is 19.1. The van der Waals surface area contributed by atoms with Gasteiger partial charge in [-0.25, -0.2) is 19.1 Å². The lowest BCUT2D eigenvalue weighted by Gasteiger charge is -2.31. The molecule has 4 N–H and O–H groups in total. The summed E-state index contributed by atoms with van der Waals surface area (Å²) in [6, 6.07) is 12.3. The highest BCUT2D eigenvalue weighted by atomic mass is 32.5. The molecule has 3 fully saturated rings. The molecule has 5 unspecified atom stereocenters. The predicted octanol–water partition coefficient (Wildman–Crippen LogP) is 4.22. The smallest absolute Gasteiger partial charge is 0.382 e. The van der Waals surface area contributed by atoms with Crippen molar-refractivity contribution < 1.29 is 83.9 Å². The van der Waals surface area contributed by atoms with E-state index in [1.54, 1.807) is 65.0 Å². The number of carbonyl (C=O) groups excluding carboxylic acids is 2. The van der Waals surface area contributed by atoms with Gasteiger partial charge in [0.2, 0.25) is 11.9 Å². The van der Waals surface area contributed by atoms with Crippen molar-refractivity contribution in [1.29, 1.82) is 10.5 Å². The average Bonchev–Trinajstić information content (AvgIpc) is 1.63. The fraction of sp³-hybridized carbons (Fsp3) is 0.603. The minimum atomic E-state index is -5.06. The van der Waals surface area contributed by atoms with Gasteiger partial charge in [-0.2, -0.15) is 20.5 Å². The summed E-state index contributed by atoms with van der Waals surface area (Å²) in [7, 11) is -0.704. The second kappa shape index (κ2) is 34.5. The lowest BCUT2D eigenvalue weighted by atomic mass is 10.0. The molecule has 1 aromatic carbocycles. The number of anilines is 2. The van der Waals surface area contributed by atoms with E-state index < -0.39 is 148 Å². The molecule has 8 rings (SSSR count). The Labute approximate surface area is 549 Å². The number of imidazole rings is 1. The standard InChI is InChI=1S/C58H78N12O22P2S/c1-10-38-43(45(82-26-23-79-8)54(88-38)68-28-34(4)47(63-57(68)75)62-51(73)37-16-12-11-13-17-37)91-93(77,84-20-14-18-59)86-31-40-44(46(83-27-24-80-9)55(90-40)70-32-61-41-48(70)64-56(66-52(41)74)65-49(71)33(2)3)92-94(95,85-21-15-19-60)87-30-39-36(6)42(81-25-22-78-7)53(89-39)69-29-35(5)50(72)67-58(69)76/h11-13,16-17,28-29,32-33,36,38-40,42-46,53-55H,10,14-15,20-27,30-31H2,1-9H3,(H,67,72,76)(H,62,63,73,75)(H2,64,65,66,71,74)/t36-,38+,39+,40+,42?,43-,44-,45?,46?,53+,54+,55+,93?,94?/m0/s1. The van der Waals surface area contributed by atoms with Crippen molar-refractivity contribution in [2.24, 2.45) is 11.8 Å². The zero-order valence-corrected chi connectivity index (χ0v) is 56.3. The number of phosphoric acid groups is 1. The van der Waals surface area contributed by atoms with Crippen molar-refractivity contribution in [3.05, 3.63) is 107 Å².